The molecule has 2 fully saturated rings. The van der Waals surface area contributed by atoms with E-state index < -0.39 is 0 Å². The van der Waals surface area contributed by atoms with Gasteiger partial charge in [0.25, 0.3) is 0 Å². The van der Waals surface area contributed by atoms with Crippen LogP contribution in [0, 0.1) is 0 Å². The maximum atomic E-state index is 12.6. The van der Waals surface area contributed by atoms with Gasteiger partial charge in [-0.05, 0) is 32.9 Å². The number of nitrogens with zero attached hydrogens (tertiary/aromatic N) is 6. The van der Waals surface area contributed by atoms with Crippen molar-refractivity contribution >= 4 is 22.9 Å². The molecule has 0 saturated carbocycles. The number of carbonyl (C=O) groups excluding carboxylic acids is 1. The van der Waals surface area contributed by atoms with Crippen LogP contribution in [0.15, 0.2) is 12.7 Å². The van der Waals surface area contributed by atoms with Crippen LogP contribution in [-0.2, 0) is 4.79 Å². The number of amides is 1. The van der Waals surface area contributed by atoms with Gasteiger partial charge in [-0.1, -0.05) is 6.42 Å². The van der Waals surface area contributed by atoms with E-state index in [1.165, 1.54) is 25.8 Å². The van der Waals surface area contributed by atoms with E-state index in [1.54, 1.807) is 12.7 Å². The summed E-state index contributed by atoms with van der Waals surface area (Å²) >= 11 is 0. The maximum Gasteiger partial charge on any atom is 0.222 e. The normalized spacial score (nSPS) is 22.1. The van der Waals surface area contributed by atoms with Gasteiger partial charge in [0.15, 0.2) is 11.5 Å². The van der Waals surface area contributed by atoms with Gasteiger partial charge in [0.2, 0.25) is 5.91 Å². The van der Waals surface area contributed by atoms with E-state index in [2.05, 4.69) is 36.8 Å². The van der Waals surface area contributed by atoms with Crippen LogP contribution < -0.4 is 4.90 Å². The molecule has 0 aliphatic carbocycles. The Balaban J connectivity index is 1.30. The number of piperazine rings is 1. The largest absolute Gasteiger partial charge is 0.351 e. The molecular weight excluding hydrogens is 330 g/mol. The molecule has 0 spiro atoms. The summed E-state index contributed by atoms with van der Waals surface area (Å²) < 4.78 is 0. The molecule has 0 bridgehead atoms. The van der Waals surface area contributed by atoms with Crippen LogP contribution in [0.25, 0.3) is 11.2 Å². The molecule has 26 heavy (non-hydrogen) atoms. The molecule has 2 aliphatic rings. The van der Waals surface area contributed by atoms with E-state index in [0.29, 0.717) is 18.1 Å². The van der Waals surface area contributed by atoms with E-state index >= 15 is 0 Å². The number of fused-ring (bicyclic) bond motifs is 1. The average Bonchev–Trinajstić information content (AvgIpc) is 3.16. The van der Waals surface area contributed by atoms with Crippen LogP contribution >= 0.6 is 0 Å². The Bertz CT molecular complexity index is 753. The molecule has 2 aromatic rings. The lowest BCUT2D eigenvalue weighted by Gasteiger charge is -2.36. The Morgan fingerprint density at radius 3 is 2.81 bits per heavy atom. The lowest BCUT2D eigenvalue weighted by molar-refractivity contribution is -0.131. The van der Waals surface area contributed by atoms with Crippen molar-refractivity contribution in [2.45, 2.75) is 38.1 Å². The number of imidazole rings is 1. The van der Waals surface area contributed by atoms with Gasteiger partial charge in [-0.25, -0.2) is 15.0 Å². The molecule has 4 heterocycles. The zero-order valence-corrected chi connectivity index (χ0v) is 15.4. The molecule has 0 radical (unpaired) electrons. The fourth-order valence-electron chi connectivity index (χ4n) is 4.12. The molecule has 2 aliphatic heterocycles. The summed E-state index contributed by atoms with van der Waals surface area (Å²) in [6.45, 7) is 4.25. The number of rotatable bonds is 4. The van der Waals surface area contributed by atoms with E-state index in [0.717, 1.165) is 43.9 Å². The van der Waals surface area contributed by atoms with Gasteiger partial charge in [-0.15, -0.1) is 0 Å². The molecule has 0 aromatic carbocycles. The number of aromatic nitrogens is 4. The summed E-state index contributed by atoms with van der Waals surface area (Å²) in [5.74, 6) is 1.17. The second-order valence-electron chi connectivity index (χ2n) is 7.34. The molecule has 140 valence electrons. The minimum atomic E-state index is 0.290. The van der Waals surface area contributed by atoms with Crippen LogP contribution in [0.1, 0.15) is 32.1 Å². The number of nitrogens with one attached hydrogen (secondary N) is 1. The van der Waals surface area contributed by atoms with Gasteiger partial charge in [0, 0.05) is 38.6 Å². The third kappa shape index (κ3) is 3.51. The van der Waals surface area contributed by atoms with Crippen LogP contribution in [0.4, 0.5) is 5.82 Å². The molecule has 2 saturated heterocycles. The quantitative estimate of drug-likeness (QED) is 0.887. The van der Waals surface area contributed by atoms with Gasteiger partial charge >= 0.3 is 0 Å². The number of aromatic amines is 1. The summed E-state index contributed by atoms with van der Waals surface area (Å²) in [7, 11) is 2.19. The molecule has 1 N–H and O–H groups in total. The van der Waals surface area contributed by atoms with Crippen molar-refractivity contribution in [1.82, 2.24) is 29.7 Å². The van der Waals surface area contributed by atoms with Gasteiger partial charge in [0.1, 0.15) is 11.8 Å². The van der Waals surface area contributed by atoms with E-state index in [4.69, 9.17) is 0 Å². The lowest BCUT2D eigenvalue weighted by Crippen LogP contribution is -2.49. The fraction of sp³-hybridized carbons (Fsp3) is 0.667. The number of likely N-dealkylation sites (tertiary alicyclic amines) is 1. The van der Waals surface area contributed by atoms with Crippen molar-refractivity contribution in [3.8, 4) is 0 Å². The molecule has 1 amide bonds. The number of hydrogen-bond acceptors (Lipinski definition) is 6. The first-order valence-electron chi connectivity index (χ1n) is 9.59. The van der Waals surface area contributed by atoms with Crippen LogP contribution in [-0.4, -0.2) is 81.5 Å². The number of anilines is 1. The summed E-state index contributed by atoms with van der Waals surface area (Å²) in [4.78, 5) is 35.1. The first kappa shape index (κ1) is 17.2. The van der Waals surface area contributed by atoms with Crippen molar-refractivity contribution in [3.63, 3.8) is 0 Å². The Labute approximate surface area is 153 Å². The number of hydrogen-bond donors (Lipinski definition) is 1. The molecule has 8 nitrogen and oxygen atoms in total. The zero-order valence-electron chi connectivity index (χ0n) is 15.4. The average molecular weight is 357 g/mol. The molecular formula is C18H27N7O. The summed E-state index contributed by atoms with van der Waals surface area (Å²) in [5, 5.41) is 0. The number of piperidine rings is 1. The van der Waals surface area contributed by atoms with Crippen molar-refractivity contribution < 1.29 is 4.79 Å². The Morgan fingerprint density at radius 1 is 1.15 bits per heavy atom. The highest BCUT2D eigenvalue weighted by Crippen LogP contribution is 2.22. The Hall–Kier alpha value is -2.22. The highest BCUT2D eigenvalue weighted by molar-refractivity contribution is 5.83. The van der Waals surface area contributed by atoms with Crippen molar-refractivity contribution in [1.29, 1.82) is 0 Å². The van der Waals surface area contributed by atoms with Crippen LogP contribution in [0.2, 0.25) is 0 Å². The Kier molecular flexibility index (Phi) is 5.01. The highest BCUT2D eigenvalue weighted by Gasteiger charge is 2.25. The monoisotopic (exact) mass is 357 g/mol. The third-order valence-corrected chi connectivity index (χ3v) is 5.75. The van der Waals surface area contributed by atoms with E-state index in [9.17, 15) is 4.79 Å². The SMILES string of the molecule is CN1CCCC[C@H]1CCC(=O)N1CCN(c2ncnc3nc[nH]c23)CC1. The smallest absolute Gasteiger partial charge is 0.222 e. The van der Waals surface area contributed by atoms with Crippen molar-refractivity contribution in [2.75, 3.05) is 44.7 Å². The zero-order chi connectivity index (χ0) is 17.9. The van der Waals surface area contributed by atoms with E-state index in [-0.39, 0.29) is 5.91 Å². The summed E-state index contributed by atoms with van der Waals surface area (Å²) in [6.07, 6.45) is 8.65. The standard InChI is InChI=1S/C18H27N7O/c1-23-7-3-2-4-14(23)5-6-15(26)24-8-10-25(11-9-24)18-16-17(20-12-19-16)21-13-22-18/h12-14H,2-11H2,1H3,(H,19,20,21,22)/t14-/m0/s1. The summed E-state index contributed by atoms with van der Waals surface area (Å²) in [5.41, 5.74) is 1.55. The predicted octanol–water partition coefficient (Wildman–Crippen LogP) is 1.27. The molecule has 0 unspecified atom stereocenters. The van der Waals surface area contributed by atoms with Gasteiger partial charge in [-0.2, -0.15) is 0 Å². The predicted molar refractivity (Wildman–Crippen MR) is 100.0 cm³/mol. The lowest BCUT2D eigenvalue weighted by atomic mass is 9.98. The van der Waals surface area contributed by atoms with Crippen LogP contribution in [0.5, 0.6) is 0 Å². The van der Waals surface area contributed by atoms with Gasteiger partial charge < -0.3 is 19.7 Å². The topological polar surface area (TPSA) is 81.2 Å². The fourth-order valence-corrected chi connectivity index (χ4v) is 4.12. The first-order valence-corrected chi connectivity index (χ1v) is 9.59. The second kappa shape index (κ2) is 7.57. The van der Waals surface area contributed by atoms with Crippen LogP contribution in [0.3, 0.4) is 0 Å². The minimum Gasteiger partial charge on any atom is -0.351 e. The first-order chi connectivity index (χ1) is 12.7. The van der Waals surface area contributed by atoms with Crippen molar-refractivity contribution in [2.24, 2.45) is 0 Å². The number of H-pyrrole nitrogens is 1. The highest BCUT2D eigenvalue weighted by atomic mass is 16.2. The third-order valence-electron chi connectivity index (χ3n) is 5.75. The molecule has 4 rings (SSSR count). The minimum absolute atomic E-state index is 0.290. The van der Waals surface area contributed by atoms with Crippen molar-refractivity contribution in [3.05, 3.63) is 12.7 Å². The summed E-state index contributed by atoms with van der Waals surface area (Å²) in [6, 6.07) is 0.573. The molecule has 1 atom stereocenters. The second-order valence-corrected chi connectivity index (χ2v) is 7.34. The van der Waals surface area contributed by atoms with E-state index in [1.807, 2.05) is 4.90 Å². The van der Waals surface area contributed by atoms with Gasteiger partial charge in [-0.3, -0.25) is 4.79 Å². The number of carbonyl (C=O) groups is 1. The van der Waals surface area contributed by atoms with Gasteiger partial charge in [0.05, 0.1) is 6.33 Å². The molecule has 8 heteroatoms. The Morgan fingerprint density at radius 2 is 2.00 bits per heavy atom. The molecule has 2 aromatic heterocycles. The maximum absolute atomic E-state index is 12.6.